The van der Waals surface area contributed by atoms with Crippen LogP contribution in [0.25, 0.3) is 0 Å². The summed E-state index contributed by atoms with van der Waals surface area (Å²) in [6, 6.07) is 8.80. The molecule has 0 radical (unpaired) electrons. The normalized spacial score (nSPS) is 13.5. The van der Waals surface area contributed by atoms with Crippen LogP contribution >= 0.6 is 11.3 Å². The van der Waals surface area contributed by atoms with Crippen LogP contribution in [0.4, 0.5) is 0 Å². The van der Waals surface area contributed by atoms with Crippen molar-refractivity contribution in [2.75, 3.05) is 6.54 Å². The summed E-state index contributed by atoms with van der Waals surface area (Å²) >= 11 is 1.39. The molecule has 0 spiro atoms. The zero-order valence-corrected chi connectivity index (χ0v) is 16.9. The van der Waals surface area contributed by atoms with Gasteiger partial charge in [-0.05, 0) is 48.6 Å². The van der Waals surface area contributed by atoms with Gasteiger partial charge in [0.2, 0.25) is 5.91 Å². The second kappa shape index (κ2) is 7.30. The SMILES string of the molecule is Cc1ccc(S(=O)(=O)[C@H](CNC(=O)C(C)(C)C)c2cccs2)cc1C. The van der Waals surface area contributed by atoms with Crippen molar-refractivity contribution in [3.63, 3.8) is 0 Å². The van der Waals surface area contributed by atoms with E-state index in [0.29, 0.717) is 4.90 Å². The predicted molar refractivity (Wildman–Crippen MR) is 103 cm³/mol. The molecule has 0 bridgehead atoms. The van der Waals surface area contributed by atoms with Crippen LogP contribution in [0.2, 0.25) is 0 Å². The zero-order valence-electron chi connectivity index (χ0n) is 15.3. The van der Waals surface area contributed by atoms with Crippen LogP contribution in [0, 0.1) is 19.3 Å². The van der Waals surface area contributed by atoms with E-state index in [9.17, 15) is 13.2 Å². The van der Waals surface area contributed by atoms with Gasteiger partial charge in [0, 0.05) is 16.8 Å². The van der Waals surface area contributed by atoms with Gasteiger partial charge < -0.3 is 5.32 Å². The van der Waals surface area contributed by atoms with Gasteiger partial charge in [-0.3, -0.25) is 4.79 Å². The lowest BCUT2D eigenvalue weighted by atomic mass is 9.96. The highest BCUT2D eigenvalue weighted by Crippen LogP contribution is 2.32. The van der Waals surface area contributed by atoms with Gasteiger partial charge in [-0.15, -0.1) is 11.3 Å². The number of amides is 1. The molecule has 2 rings (SSSR count). The van der Waals surface area contributed by atoms with Crippen molar-refractivity contribution in [2.24, 2.45) is 5.41 Å². The van der Waals surface area contributed by atoms with Crippen molar-refractivity contribution in [1.29, 1.82) is 0 Å². The number of sulfone groups is 1. The first-order valence-electron chi connectivity index (χ1n) is 8.16. The predicted octanol–water partition coefficient (Wildman–Crippen LogP) is 4.04. The average molecular weight is 380 g/mol. The van der Waals surface area contributed by atoms with Crippen LogP contribution in [-0.2, 0) is 14.6 Å². The molecule has 0 unspecified atom stereocenters. The van der Waals surface area contributed by atoms with E-state index in [0.717, 1.165) is 16.0 Å². The zero-order chi connectivity index (χ0) is 18.8. The van der Waals surface area contributed by atoms with E-state index >= 15 is 0 Å². The number of hydrogen-bond acceptors (Lipinski definition) is 4. The standard InChI is InChI=1S/C19H25NO3S2/c1-13-8-9-15(11-14(13)2)25(22,23)17(16-7-6-10-24-16)12-20-18(21)19(3,4)5/h6-11,17H,12H2,1-5H3,(H,20,21)/t17-/m1/s1. The number of hydrogen-bond donors (Lipinski definition) is 1. The summed E-state index contributed by atoms with van der Waals surface area (Å²) in [5.41, 5.74) is 1.42. The van der Waals surface area contributed by atoms with E-state index in [4.69, 9.17) is 0 Å². The molecule has 1 N–H and O–H groups in total. The minimum atomic E-state index is -3.61. The first-order chi connectivity index (χ1) is 11.5. The van der Waals surface area contributed by atoms with Gasteiger partial charge in [0.1, 0.15) is 5.25 Å². The molecule has 136 valence electrons. The fourth-order valence-corrected chi connectivity index (χ4v) is 5.21. The highest BCUT2D eigenvalue weighted by atomic mass is 32.2. The van der Waals surface area contributed by atoms with E-state index in [1.165, 1.54) is 11.3 Å². The Balaban J connectivity index is 2.38. The summed E-state index contributed by atoms with van der Waals surface area (Å²) in [6.45, 7) is 9.33. The van der Waals surface area contributed by atoms with Crippen LogP contribution in [-0.4, -0.2) is 20.9 Å². The van der Waals surface area contributed by atoms with Gasteiger partial charge in [0.25, 0.3) is 0 Å². The van der Waals surface area contributed by atoms with Gasteiger partial charge in [-0.2, -0.15) is 0 Å². The Morgan fingerprint density at radius 1 is 1.16 bits per heavy atom. The molecule has 0 saturated carbocycles. The molecule has 25 heavy (non-hydrogen) atoms. The summed E-state index contributed by atoms with van der Waals surface area (Å²) in [7, 11) is -3.61. The van der Waals surface area contributed by atoms with Crippen LogP contribution < -0.4 is 5.32 Å². The Kier molecular flexibility index (Phi) is 5.74. The largest absolute Gasteiger partial charge is 0.354 e. The highest BCUT2D eigenvalue weighted by molar-refractivity contribution is 7.91. The quantitative estimate of drug-likeness (QED) is 0.853. The van der Waals surface area contributed by atoms with E-state index in [2.05, 4.69) is 5.32 Å². The molecular formula is C19H25NO3S2. The summed E-state index contributed by atoms with van der Waals surface area (Å²) in [5.74, 6) is -0.163. The van der Waals surface area contributed by atoms with Crippen LogP contribution in [0.15, 0.2) is 40.6 Å². The fraction of sp³-hybridized carbons (Fsp3) is 0.421. The molecule has 1 amide bonds. The summed E-state index contributed by atoms with van der Waals surface area (Å²) in [5, 5.41) is 3.86. The minimum Gasteiger partial charge on any atom is -0.354 e. The monoisotopic (exact) mass is 379 g/mol. The minimum absolute atomic E-state index is 0.0614. The second-order valence-electron chi connectivity index (χ2n) is 7.26. The van der Waals surface area contributed by atoms with Crippen LogP contribution in [0.1, 0.15) is 42.0 Å². The van der Waals surface area contributed by atoms with Crippen molar-refractivity contribution in [1.82, 2.24) is 5.32 Å². The summed E-state index contributed by atoms with van der Waals surface area (Å²) < 4.78 is 26.4. The molecule has 6 heteroatoms. The number of thiophene rings is 1. The number of carbonyl (C=O) groups is 1. The smallest absolute Gasteiger partial charge is 0.225 e. The molecule has 2 aromatic rings. The second-order valence-corrected chi connectivity index (χ2v) is 10.4. The molecule has 0 aliphatic heterocycles. The van der Waals surface area contributed by atoms with E-state index in [1.807, 2.05) is 31.4 Å². The Hall–Kier alpha value is -1.66. The maximum atomic E-state index is 13.2. The number of aryl methyl sites for hydroxylation is 2. The molecule has 0 saturated heterocycles. The molecule has 1 heterocycles. The van der Waals surface area contributed by atoms with Gasteiger partial charge in [0.05, 0.1) is 4.90 Å². The van der Waals surface area contributed by atoms with E-state index < -0.39 is 20.5 Å². The average Bonchev–Trinajstić information content (AvgIpc) is 3.02. The molecule has 1 aromatic carbocycles. The molecule has 0 aliphatic rings. The van der Waals surface area contributed by atoms with Crippen molar-refractivity contribution in [3.05, 3.63) is 51.7 Å². The van der Waals surface area contributed by atoms with Crippen LogP contribution in [0.5, 0.6) is 0 Å². The van der Waals surface area contributed by atoms with Crippen molar-refractivity contribution >= 4 is 27.1 Å². The van der Waals surface area contributed by atoms with Crippen LogP contribution in [0.3, 0.4) is 0 Å². The molecule has 1 atom stereocenters. The summed E-state index contributed by atoms with van der Waals surface area (Å²) in [6.07, 6.45) is 0. The van der Waals surface area contributed by atoms with Gasteiger partial charge in [0.15, 0.2) is 9.84 Å². The third-order valence-corrected chi connectivity index (χ3v) is 7.39. The number of carbonyl (C=O) groups excluding carboxylic acids is 1. The maximum absolute atomic E-state index is 13.2. The maximum Gasteiger partial charge on any atom is 0.225 e. The van der Waals surface area contributed by atoms with Gasteiger partial charge in [-0.1, -0.05) is 32.9 Å². The fourth-order valence-electron chi connectivity index (χ4n) is 2.34. The van der Waals surface area contributed by atoms with E-state index in [-0.39, 0.29) is 12.5 Å². The first kappa shape index (κ1) is 19.7. The topological polar surface area (TPSA) is 63.2 Å². The lowest BCUT2D eigenvalue weighted by Crippen LogP contribution is -2.38. The van der Waals surface area contributed by atoms with Crippen molar-refractivity contribution in [3.8, 4) is 0 Å². The van der Waals surface area contributed by atoms with Crippen molar-refractivity contribution in [2.45, 2.75) is 44.8 Å². The number of benzene rings is 1. The Morgan fingerprint density at radius 2 is 1.84 bits per heavy atom. The van der Waals surface area contributed by atoms with Gasteiger partial charge >= 0.3 is 0 Å². The Bertz CT molecular complexity index is 847. The third-order valence-electron chi connectivity index (χ3n) is 4.17. The highest BCUT2D eigenvalue weighted by Gasteiger charge is 2.32. The third kappa shape index (κ3) is 4.50. The van der Waals surface area contributed by atoms with Crippen molar-refractivity contribution < 1.29 is 13.2 Å². The number of rotatable bonds is 5. The molecule has 0 aliphatic carbocycles. The Morgan fingerprint density at radius 3 is 2.36 bits per heavy atom. The lowest BCUT2D eigenvalue weighted by molar-refractivity contribution is -0.128. The lowest BCUT2D eigenvalue weighted by Gasteiger charge is -2.22. The molecule has 1 aromatic heterocycles. The Labute approximate surface area is 154 Å². The molecular weight excluding hydrogens is 354 g/mol. The molecule has 4 nitrogen and oxygen atoms in total. The van der Waals surface area contributed by atoms with Gasteiger partial charge in [-0.25, -0.2) is 8.42 Å². The summed E-state index contributed by atoms with van der Waals surface area (Å²) in [4.78, 5) is 13.2. The molecule has 0 fully saturated rings. The number of nitrogens with one attached hydrogen (secondary N) is 1. The first-order valence-corrected chi connectivity index (χ1v) is 10.6. The van der Waals surface area contributed by atoms with E-state index in [1.54, 1.807) is 39.0 Å².